The van der Waals surface area contributed by atoms with Crippen molar-refractivity contribution in [1.29, 1.82) is 0 Å². The number of nitrogens with zero attached hydrogens (tertiary/aromatic N) is 3. The normalized spacial score (nSPS) is 17.6. The topological polar surface area (TPSA) is 84.5 Å². The number of aromatic nitrogens is 3. The molecule has 0 bridgehead atoms. The number of rotatable bonds is 7. The Morgan fingerprint density at radius 1 is 1.38 bits per heavy atom. The second-order valence-corrected chi connectivity index (χ2v) is 7.41. The quantitative estimate of drug-likeness (QED) is 0.655. The van der Waals surface area contributed by atoms with Crippen molar-refractivity contribution in [2.75, 3.05) is 20.3 Å². The van der Waals surface area contributed by atoms with Gasteiger partial charge < -0.3 is 14.0 Å². The summed E-state index contributed by atoms with van der Waals surface area (Å²) in [5, 5.41) is 0. The summed E-state index contributed by atoms with van der Waals surface area (Å²) in [6.07, 6.45) is 1.52. The molecular weight excluding hydrogens is 381 g/mol. The van der Waals surface area contributed by atoms with Gasteiger partial charge >= 0.3 is 5.69 Å². The summed E-state index contributed by atoms with van der Waals surface area (Å²) in [6, 6.07) is 1.72. The van der Waals surface area contributed by atoms with Crippen molar-refractivity contribution in [3.63, 3.8) is 0 Å². The molecule has 1 aliphatic heterocycles. The van der Waals surface area contributed by atoms with Crippen LogP contribution in [0.2, 0.25) is 0 Å². The van der Waals surface area contributed by atoms with Crippen molar-refractivity contribution in [3.05, 3.63) is 55.9 Å². The summed E-state index contributed by atoms with van der Waals surface area (Å²) in [5.41, 5.74) is 0.0988. The summed E-state index contributed by atoms with van der Waals surface area (Å²) in [5.74, 6) is -1.52. The lowest BCUT2D eigenvalue weighted by Gasteiger charge is -2.18. The summed E-state index contributed by atoms with van der Waals surface area (Å²) < 4.78 is 28.5. The van der Waals surface area contributed by atoms with E-state index < -0.39 is 35.6 Å². The first-order valence-corrected chi connectivity index (χ1v) is 9.59. The molecule has 158 valence electrons. The number of halogens is 1. The van der Waals surface area contributed by atoms with Gasteiger partial charge in [0.25, 0.3) is 5.56 Å². The maximum Gasteiger partial charge on any atom is 0.333 e. The van der Waals surface area contributed by atoms with Crippen LogP contribution in [0.15, 0.2) is 21.9 Å². The monoisotopic (exact) mass is 407 g/mol. The van der Waals surface area contributed by atoms with E-state index in [1.54, 1.807) is 20.1 Å². The van der Waals surface area contributed by atoms with E-state index in [1.165, 1.54) is 0 Å². The Morgan fingerprint density at radius 2 is 2.10 bits per heavy atom. The third-order valence-electron chi connectivity index (χ3n) is 5.30. The fourth-order valence-electron chi connectivity index (χ4n) is 4.00. The van der Waals surface area contributed by atoms with Gasteiger partial charge in [0.2, 0.25) is 5.82 Å². The van der Waals surface area contributed by atoms with E-state index in [2.05, 4.69) is 0 Å². The van der Waals surface area contributed by atoms with Crippen molar-refractivity contribution < 1.29 is 18.7 Å². The molecule has 3 heterocycles. The van der Waals surface area contributed by atoms with Crippen molar-refractivity contribution in [3.8, 4) is 0 Å². The molecule has 1 aliphatic rings. The molecule has 9 heteroatoms. The maximum absolute atomic E-state index is 14.2. The molecule has 0 N–H and O–H groups in total. The number of carbonyl (C=O) groups is 1. The van der Waals surface area contributed by atoms with E-state index in [1.807, 2.05) is 18.4 Å². The van der Waals surface area contributed by atoms with Gasteiger partial charge in [0.15, 0.2) is 5.78 Å². The summed E-state index contributed by atoms with van der Waals surface area (Å²) in [6.45, 7) is 6.03. The predicted octanol–water partition coefficient (Wildman–Crippen LogP) is 1.97. The van der Waals surface area contributed by atoms with Gasteiger partial charge in [0, 0.05) is 30.7 Å². The van der Waals surface area contributed by atoms with E-state index in [4.69, 9.17) is 9.47 Å². The van der Waals surface area contributed by atoms with Crippen LogP contribution in [0.3, 0.4) is 0 Å². The first-order valence-electron chi connectivity index (χ1n) is 9.59. The highest BCUT2D eigenvalue weighted by Gasteiger charge is 2.24. The van der Waals surface area contributed by atoms with E-state index in [9.17, 15) is 18.8 Å². The van der Waals surface area contributed by atoms with Crippen molar-refractivity contribution in [2.24, 2.45) is 0 Å². The number of hydrogen-bond acceptors (Lipinski definition) is 5. The van der Waals surface area contributed by atoms with Gasteiger partial charge in [-0.25, -0.2) is 9.36 Å². The molecule has 0 amide bonds. The van der Waals surface area contributed by atoms with Gasteiger partial charge in [-0.05, 0) is 39.7 Å². The summed E-state index contributed by atoms with van der Waals surface area (Å²) >= 11 is 0. The van der Waals surface area contributed by atoms with Crippen molar-refractivity contribution in [1.82, 2.24) is 13.7 Å². The van der Waals surface area contributed by atoms with E-state index >= 15 is 0 Å². The molecule has 0 aromatic carbocycles. The predicted molar refractivity (Wildman–Crippen MR) is 104 cm³/mol. The molecule has 0 radical (unpaired) electrons. The van der Waals surface area contributed by atoms with Gasteiger partial charge in [-0.15, -0.1) is 0 Å². The van der Waals surface area contributed by atoms with Crippen LogP contribution in [0.5, 0.6) is 0 Å². The zero-order chi connectivity index (χ0) is 21.3. The molecule has 0 saturated carbocycles. The first kappa shape index (κ1) is 21.2. The molecule has 0 unspecified atom stereocenters. The van der Waals surface area contributed by atoms with E-state index in [0.29, 0.717) is 35.5 Å². The number of aryl methyl sites for hydroxylation is 1. The Hall–Kier alpha value is -2.52. The highest BCUT2D eigenvalue weighted by molar-refractivity contribution is 5.97. The third kappa shape index (κ3) is 3.97. The largest absolute Gasteiger partial charge is 0.383 e. The van der Waals surface area contributed by atoms with E-state index in [0.717, 1.165) is 22.9 Å². The molecule has 2 aromatic rings. The van der Waals surface area contributed by atoms with Gasteiger partial charge in [-0.3, -0.25) is 14.2 Å². The fraction of sp³-hybridized carbons (Fsp3) is 0.550. The second kappa shape index (κ2) is 8.46. The van der Waals surface area contributed by atoms with Crippen LogP contribution in [0.4, 0.5) is 4.39 Å². The molecule has 1 saturated heterocycles. The fourth-order valence-corrected chi connectivity index (χ4v) is 4.00. The molecule has 3 rings (SSSR count). The van der Waals surface area contributed by atoms with Crippen LogP contribution < -0.4 is 11.2 Å². The Morgan fingerprint density at radius 3 is 2.72 bits per heavy atom. The number of carbonyl (C=O) groups excluding carboxylic acids is 1. The molecule has 0 aliphatic carbocycles. The smallest absolute Gasteiger partial charge is 0.333 e. The van der Waals surface area contributed by atoms with Crippen LogP contribution in [0.25, 0.3) is 0 Å². The van der Waals surface area contributed by atoms with Crippen molar-refractivity contribution >= 4 is 5.78 Å². The van der Waals surface area contributed by atoms with Crippen molar-refractivity contribution in [2.45, 2.75) is 52.4 Å². The summed E-state index contributed by atoms with van der Waals surface area (Å²) in [4.78, 5) is 37.9. The SMILES string of the molecule is COC[C@@H](C)n1c(C)cc(C(=O)Cn2c(=O)c(F)cn([C@@H]3CCCO3)c2=O)c1C. The zero-order valence-corrected chi connectivity index (χ0v) is 17.1. The molecule has 8 nitrogen and oxygen atoms in total. The lowest BCUT2D eigenvalue weighted by Crippen LogP contribution is -2.43. The molecule has 1 fully saturated rings. The third-order valence-corrected chi connectivity index (χ3v) is 5.30. The molecule has 2 aromatic heterocycles. The van der Waals surface area contributed by atoms with Gasteiger partial charge in [-0.2, -0.15) is 4.39 Å². The minimum atomic E-state index is -1.11. The molecular formula is C20H26FN3O5. The van der Waals surface area contributed by atoms with Crippen LogP contribution in [0, 0.1) is 19.7 Å². The highest BCUT2D eigenvalue weighted by atomic mass is 19.1. The van der Waals surface area contributed by atoms with Crippen LogP contribution in [0.1, 0.15) is 53.8 Å². The standard InChI is InChI=1S/C20H26FN3O5/c1-12-8-15(14(3)24(12)13(2)11-28-4)17(25)10-23-19(26)16(21)9-22(20(23)27)18-6-5-7-29-18/h8-9,13,18H,5-7,10-11H2,1-4H3/t13-,18+/m1/s1. The van der Waals surface area contributed by atoms with Gasteiger partial charge in [0.1, 0.15) is 6.23 Å². The second-order valence-electron chi connectivity index (χ2n) is 7.41. The van der Waals surface area contributed by atoms with Crippen LogP contribution >= 0.6 is 0 Å². The molecule has 0 spiro atoms. The first-order chi connectivity index (χ1) is 13.8. The van der Waals surface area contributed by atoms with Crippen LogP contribution in [-0.4, -0.2) is 39.8 Å². The Balaban J connectivity index is 1.97. The average Bonchev–Trinajstić information content (AvgIpc) is 3.30. The molecule has 29 heavy (non-hydrogen) atoms. The van der Waals surface area contributed by atoms with Crippen LogP contribution in [-0.2, 0) is 16.0 Å². The maximum atomic E-state index is 14.2. The number of methoxy groups -OCH3 is 1. The lowest BCUT2D eigenvalue weighted by atomic mass is 10.1. The summed E-state index contributed by atoms with van der Waals surface area (Å²) in [7, 11) is 1.60. The number of hydrogen-bond donors (Lipinski definition) is 0. The van der Waals surface area contributed by atoms with E-state index in [-0.39, 0.29) is 6.04 Å². The number of Topliss-reactive ketones (excluding diaryl/α,β-unsaturated/α-hetero) is 1. The molecule has 2 atom stereocenters. The Bertz CT molecular complexity index is 1030. The van der Waals surface area contributed by atoms with Gasteiger partial charge in [0.05, 0.1) is 25.4 Å². The minimum Gasteiger partial charge on any atom is -0.383 e. The average molecular weight is 407 g/mol. The zero-order valence-electron chi connectivity index (χ0n) is 17.1. The highest BCUT2D eigenvalue weighted by Crippen LogP contribution is 2.22. The lowest BCUT2D eigenvalue weighted by molar-refractivity contribution is 0.0501. The minimum absolute atomic E-state index is 0.00943. The Labute approximate surface area is 167 Å². The van der Waals surface area contributed by atoms with Gasteiger partial charge in [-0.1, -0.05) is 0 Å². The number of ketones is 1. The number of ether oxygens (including phenoxy) is 2. The Kier molecular flexibility index (Phi) is 6.18.